The van der Waals surface area contributed by atoms with Crippen LogP contribution in [0.5, 0.6) is 0 Å². The first kappa shape index (κ1) is 27.7. The van der Waals surface area contributed by atoms with Crippen LogP contribution in [0.15, 0.2) is 0 Å². The fourth-order valence-corrected chi connectivity index (χ4v) is 2.33. The van der Waals surface area contributed by atoms with Crippen molar-refractivity contribution >= 4 is 29.4 Å². The molecule has 0 aliphatic carbocycles. The maximum atomic E-state index is 11.8. The van der Waals surface area contributed by atoms with Gasteiger partial charge in [-0.1, -0.05) is 26.2 Å². The second-order valence-corrected chi connectivity index (χ2v) is 7.12. The summed E-state index contributed by atoms with van der Waals surface area (Å²) in [5.74, 6) is -3.53. The standard InChI is InChI=1S/C20H34N2O8/c1-4-5-7-10-15(23)17(25)21-12-9-6-8-11-16(24)18(26)22-13(2)20(29)30-14(3)19(27)28/h13-14,19,27-28H,4-12H2,1-3H3,(H,21,25)(H,22,26). The zero-order valence-electron chi connectivity index (χ0n) is 17.9. The third-order valence-electron chi connectivity index (χ3n) is 4.30. The highest BCUT2D eigenvalue weighted by atomic mass is 16.6. The fourth-order valence-electron chi connectivity index (χ4n) is 2.33. The molecule has 172 valence electrons. The minimum absolute atomic E-state index is 0.0246. The van der Waals surface area contributed by atoms with Crippen LogP contribution < -0.4 is 10.6 Å². The van der Waals surface area contributed by atoms with Crippen LogP contribution >= 0.6 is 0 Å². The monoisotopic (exact) mass is 430 g/mol. The Morgan fingerprint density at radius 3 is 1.97 bits per heavy atom. The van der Waals surface area contributed by atoms with Crippen LogP contribution in [0.3, 0.4) is 0 Å². The predicted octanol–water partition coefficient (Wildman–Crippen LogP) is 0.129. The Hall–Kier alpha value is -2.33. The number of hydrogen-bond donors (Lipinski definition) is 4. The summed E-state index contributed by atoms with van der Waals surface area (Å²) in [7, 11) is 0. The number of rotatable bonds is 16. The summed E-state index contributed by atoms with van der Waals surface area (Å²) in [4.78, 5) is 58.5. The Kier molecular flexibility index (Phi) is 14.3. The molecule has 2 unspecified atom stereocenters. The molecule has 0 aromatic carbocycles. The summed E-state index contributed by atoms with van der Waals surface area (Å²) in [6.07, 6.45) is 1.35. The van der Waals surface area contributed by atoms with Crippen LogP contribution in [0.4, 0.5) is 0 Å². The number of ether oxygens (including phenoxy) is 1. The largest absolute Gasteiger partial charge is 0.456 e. The van der Waals surface area contributed by atoms with Crippen molar-refractivity contribution in [1.29, 1.82) is 0 Å². The van der Waals surface area contributed by atoms with Gasteiger partial charge in [0.1, 0.15) is 12.1 Å². The van der Waals surface area contributed by atoms with Crippen molar-refractivity contribution in [2.24, 2.45) is 0 Å². The second-order valence-electron chi connectivity index (χ2n) is 7.12. The average molecular weight is 430 g/mol. The lowest BCUT2D eigenvalue weighted by Crippen LogP contribution is -2.44. The van der Waals surface area contributed by atoms with Gasteiger partial charge in [0, 0.05) is 19.4 Å². The summed E-state index contributed by atoms with van der Waals surface area (Å²) in [6, 6.07) is -1.12. The van der Waals surface area contributed by atoms with E-state index in [0.29, 0.717) is 32.2 Å². The van der Waals surface area contributed by atoms with Gasteiger partial charge in [0.25, 0.3) is 11.8 Å². The van der Waals surface area contributed by atoms with Gasteiger partial charge in [-0.25, -0.2) is 4.79 Å². The lowest BCUT2D eigenvalue weighted by Gasteiger charge is -2.18. The number of ketones is 2. The summed E-state index contributed by atoms with van der Waals surface area (Å²) < 4.78 is 4.72. The highest BCUT2D eigenvalue weighted by molar-refractivity contribution is 6.36. The molecule has 0 spiro atoms. The van der Waals surface area contributed by atoms with Gasteiger partial charge in [-0.15, -0.1) is 0 Å². The van der Waals surface area contributed by atoms with Crippen LogP contribution in [-0.2, 0) is 28.7 Å². The number of Topliss-reactive ketones (excluding diaryl/α,β-unsaturated/α-hetero) is 2. The van der Waals surface area contributed by atoms with Crippen molar-refractivity contribution in [2.75, 3.05) is 6.54 Å². The molecule has 4 N–H and O–H groups in total. The van der Waals surface area contributed by atoms with Crippen LogP contribution in [0.1, 0.15) is 72.1 Å². The van der Waals surface area contributed by atoms with E-state index in [1.54, 1.807) is 0 Å². The van der Waals surface area contributed by atoms with Crippen LogP contribution in [0.25, 0.3) is 0 Å². The normalized spacial score (nSPS) is 12.7. The van der Waals surface area contributed by atoms with Gasteiger partial charge in [-0.05, 0) is 33.1 Å². The third-order valence-corrected chi connectivity index (χ3v) is 4.30. The van der Waals surface area contributed by atoms with E-state index in [4.69, 9.17) is 14.9 Å². The first-order valence-electron chi connectivity index (χ1n) is 10.3. The topological polar surface area (TPSA) is 159 Å². The average Bonchev–Trinajstić information content (AvgIpc) is 2.69. The Labute approximate surface area is 176 Å². The number of unbranched alkanes of at least 4 members (excludes halogenated alkanes) is 4. The second kappa shape index (κ2) is 15.5. The van der Waals surface area contributed by atoms with Crippen molar-refractivity contribution in [3.63, 3.8) is 0 Å². The van der Waals surface area contributed by atoms with E-state index >= 15 is 0 Å². The lowest BCUT2D eigenvalue weighted by atomic mass is 10.1. The van der Waals surface area contributed by atoms with E-state index in [-0.39, 0.29) is 12.8 Å². The maximum Gasteiger partial charge on any atom is 0.328 e. The van der Waals surface area contributed by atoms with Crippen LogP contribution in [0, 0.1) is 0 Å². The van der Waals surface area contributed by atoms with Gasteiger partial charge in [0.05, 0.1) is 0 Å². The molecule has 0 aliphatic rings. The van der Waals surface area contributed by atoms with Crippen molar-refractivity contribution in [1.82, 2.24) is 10.6 Å². The molecule has 10 nitrogen and oxygen atoms in total. The molecule has 30 heavy (non-hydrogen) atoms. The minimum Gasteiger partial charge on any atom is -0.456 e. The zero-order chi connectivity index (χ0) is 23.1. The molecule has 2 amide bonds. The molecule has 0 radical (unpaired) electrons. The lowest BCUT2D eigenvalue weighted by molar-refractivity contribution is -0.174. The summed E-state index contributed by atoms with van der Waals surface area (Å²) in [5.41, 5.74) is 0. The minimum atomic E-state index is -1.84. The number of aliphatic hydroxyl groups excluding tert-OH is 1. The molecule has 0 aromatic heterocycles. The number of amides is 2. The highest BCUT2D eigenvalue weighted by Crippen LogP contribution is 2.03. The molecule has 0 saturated heterocycles. The van der Waals surface area contributed by atoms with Gasteiger partial charge in [0.15, 0.2) is 6.29 Å². The molecule has 2 atom stereocenters. The van der Waals surface area contributed by atoms with Gasteiger partial charge in [-0.2, -0.15) is 0 Å². The molecule has 0 aromatic rings. The molecular formula is C20H34N2O8. The van der Waals surface area contributed by atoms with E-state index < -0.39 is 47.8 Å². The quantitative estimate of drug-likeness (QED) is 0.116. The van der Waals surface area contributed by atoms with Gasteiger partial charge in [0.2, 0.25) is 11.6 Å². The Bertz CT molecular complexity index is 591. The molecule has 0 rings (SSSR count). The Balaban J connectivity index is 3.97. The number of esters is 1. The Morgan fingerprint density at radius 1 is 0.833 bits per heavy atom. The molecule has 0 aliphatic heterocycles. The number of hydrogen-bond acceptors (Lipinski definition) is 8. The van der Waals surface area contributed by atoms with Crippen molar-refractivity contribution in [3.8, 4) is 0 Å². The number of aliphatic hydroxyl groups is 2. The third kappa shape index (κ3) is 12.3. The van der Waals surface area contributed by atoms with E-state index in [2.05, 4.69) is 10.6 Å². The number of carbonyl (C=O) groups is 5. The first-order valence-corrected chi connectivity index (χ1v) is 10.3. The number of carbonyl (C=O) groups excluding carboxylic acids is 5. The smallest absolute Gasteiger partial charge is 0.328 e. The van der Waals surface area contributed by atoms with Crippen molar-refractivity contribution in [2.45, 2.75) is 90.6 Å². The van der Waals surface area contributed by atoms with Crippen LogP contribution in [0.2, 0.25) is 0 Å². The summed E-state index contributed by atoms with van der Waals surface area (Å²) >= 11 is 0. The molecule has 10 heteroatoms. The number of nitrogens with one attached hydrogen (secondary N) is 2. The first-order chi connectivity index (χ1) is 14.1. The van der Waals surface area contributed by atoms with E-state index in [0.717, 1.165) is 12.8 Å². The van der Waals surface area contributed by atoms with Crippen molar-refractivity contribution in [3.05, 3.63) is 0 Å². The maximum absolute atomic E-state index is 11.8. The van der Waals surface area contributed by atoms with Crippen molar-refractivity contribution < 1.29 is 38.9 Å². The molecule has 0 fully saturated rings. The van der Waals surface area contributed by atoms with Crippen LogP contribution in [-0.4, -0.2) is 64.5 Å². The van der Waals surface area contributed by atoms with Gasteiger partial charge < -0.3 is 25.6 Å². The Morgan fingerprint density at radius 2 is 1.40 bits per heavy atom. The SMILES string of the molecule is CCCCCC(=O)C(=O)NCCCCCC(=O)C(=O)NC(C)C(=O)OC(C)C(O)O. The molecule has 0 bridgehead atoms. The molecule has 0 saturated carbocycles. The predicted molar refractivity (Wildman–Crippen MR) is 107 cm³/mol. The van der Waals surface area contributed by atoms with Gasteiger partial charge in [-0.3, -0.25) is 19.2 Å². The van der Waals surface area contributed by atoms with E-state index in [1.807, 2.05) is 6.92 Å². The molecule has 0 heterocycles. The highest BCUT2D eigenvalue weighted by Gasteiger charge is 2.24. The summed E-state index contributed by atoms with van der Waals surface area (Å²) in [6.45, 7) is 4.92. The summed E-state index contributed by atoms with van der Waals surface area (Å²) in [5, 5.41) is 22.5. The molecular weight excluding hydrogens is 396 g/mol. The van der Waals surface area contributed by atoms with Gasteiger partial charge >= 0.3 is 5.97 Å². The van der Waals surface area contributed by atoms with E-state index in [1.165, 1.54) is 13.8 Å². The zero-order valence-corrected chi connectivity index (χ0v) is 17.9. The fraction of sp³-hybridized carbons (Fsp3) is 0.750. The van der Waals surface area contributed by atoms with E-state index in [9.17, 15) is 24.0 Å².